The van der Waals surface area contributed by atoms with E-state index in [2.05, 4.69) is 0 Å². The quantitative estimate of drug-likeness (QED) is 0.319. The zero-order chi connectivity index (χ0) is 0. The monoisotopic (exact) mass is 2480 g/mol. The van der Waals surface area contributed by atoms with Crippen LogP contribution in [0.4, 0.5) is 0 Å². The fourth-order valence-electron chi connectivity index (χ4n) is 0. The summed E-state index contributed by atoms with van der Waals surface area (Å²) in [5.74, 6) is 0. The first-order chi connectivity index (χ1) is 0. The maximum atomic E-state index is 0. The van der Waals surface area contributed by atoms with E-state index in [1.807, 2.05) is 0 Å². The average Bonchev–Trinajstić information content (AvgIpc) is 0. The summed E-state index contributed by atoms with van der Waals surface area (Å²) in [5.41, 5.74) is 0. The molecule has 0 amide bonds. The van der Waals surface area contributed by atoms with Crippen molar-refractivity contribution in [3.05, 3.63) is 0 Å². The van der Waals surface area contributed by atoms with E-state index in [0.29, 0.717) is 0 Å². The summed E-state index contributed by atoms with van der Waals surface area (Å²) in [6, 6.07) is 0. The third kappa shape index (κ3) is 492. The van der Waals surface area contributed by atoms with E-state index in [9.17, 15) is 0 Å². The molecule has 0 rings (SSSR count). The van der Waals surface area contributed by atoms with Gasteiger partial charge in [-0.15, -0.1) is 0 Å². The molecule has 0 nitrogen and oxygen atoms in total. The zero-order valence-electron chi connectivity index (χ0n) is 14.0. The summed E-state index contributed by atoms with van der Waals surface area (Å²) in [6.07, 6.45) is 0. The van der Waals surface area contributed by atoms with Crippen molar-refractivity contribution in [2.75, 3.05) is 0 Å². The van der Waals surface area contributed by atoms with Crippen LogP contribution in [0.3, 0.4) is 0 Å². The SMILES string of the molecule is [Co].[Co].[Co].[Co].[Co].[Co].[Co].[Co].[Co].[Co].[Co].[Co].[Co].[Co].[Co].[Co].[Co].[Co].[Co].[Co].[Co].[Co].[Co].[Co].[Co].[Co].[Co].[Co].[Co].[Co].[Co].[Co].[Co].[Co].[Co].[Co].[Co].[Co].[Co].[Co].[Co].[Co]. The molecule has 0 bridgehead atoms. The van der Waals surface area contributed by atoms with Crippen LogP contribution in [-0.4, -0.2) is 0 Å². The molecule has 0 atom stereocenters. The molecule has 0 saturated heterocycles. The Kier molecular flexibility index (Phi) is 6670. The Bertz CT molecular complexity index is 0. The van der Waals surface area contributed by atoms with Gasteiger partial charge in [-0.25, -0.2) is 0 Å². The molecule has 0 spiro atoms. The topological polar surface area (TPSA) is 0 Å². The molecule has 0 heterocycles. The van der Waals surface area contributed by atoms with E-state index in [0.717, 1.165) is 0 Å². The first kappa shape index (κ1) is 542. The van der Waals surface area contributed by atoms with Crippen LogP contribution >= 0.6 is 0 Å². The van der Waals surface area contributed by atoms with Crippen LogP contribution in [0.1, 0.15) is 0 Å². The smallest absolute Gasteiger partial charge is 0 e. The summed E-state index contributed by atoms with van der Waals surface area (Å²) in [4.78, 5) is 0. The van der Waals surface area contributed by atoms with Gasteiger partial charge in [0.15, 0.2) is 0 Å². The van der Waals surface area contributed by atoms with Crippen molar-refractivity contribution in [1.29, 1.82) is 0 Å². The van der Waals surface area contributed by atoms with Crippen LogP contribution in [0.25, 0.3) is 0 Å². The third-order valence-corrected chi connectivity index (χ3v) is 0. The minimum Gasteiger partial charge on any atom is 0 e. The third-order valence-electron chi connectivity index (χ3n) is 0. The average molecular weight is 2480 g/mol. The fraction of sp³-hybridized carbons (Fsp3) is 0. The number of rotatable bonds is 0. The summed E-state index contributed by atoms with van der Waals surface area (Å²) in [7, 11) is 0. The van der Waals surface area contributed by atoms with Gasteiger partial charge in [-0.05, 0) is 0 Å². The van der Waals surface area contributed by atoms with Crippen molar-refractivity contribution in [3.8, 4) is 0 Å². The second-order valence-corrected chi connectivity index (χ2v) is 0. The molecule has 42 heteroatoms. The maximum Gasteiger partial charge on any atom is 0 e. The van der Waals surface area contributed by atoms with Crippen LogP contribution < -0.4 is 0 Å². The second kappa shape index (κ2) is 517. The van der Waals surface area contributed by atoms with E-state index in [-0.39, 0.29) is 705 Å². The molecular weight excluding hydrogens is 2480 g/mol. The molecule has 42 radical (unpaired) electrons. The van der Waals surface area contributed by atoms with Crippen LogP contribution in [0.2, 0.25) is 0 Å². The van der Waals surface area contributed by atoms with Crippen molar-refractivity contribution in [2.24, 2.45) is 0 Å². The Labute approximate surface area is 687 Å². The molecule has 0 aliphatic rings. The van der Waals surface area contributed by atoms with Gasteiger partial charge in [0.2, 0.25) is 0 Å². The van der Waals surface area contributed by atoms with Gasteiger partial charge in [0, 0.05) is 705 Å². The molecule has 0 aromatic carbocycles. The predicted octanol–water partition coefficient (Wildman–Crippen LogP) is -0.105. The second-order valence-electron chi connectivity index (χ2n) is 0. The van der Waals surface area contributed by atoms with E-state index in [1.54, 1.807) is 0 Å². The Balaban J connectivity index is 0. The Morgan fingerprint density at radius 2 is 0.0238 bits per heavy atom. The van der Waals surface area contributed by atoms with E-state index < -0.39 is 0 Å². The first-order valence-corrected chi connectivity index (χ1v) is 0. The van der Waals surface area contributed by atoms with Crippen molar-refractivity contribution in [2.45, 2.75) is 0 Å². The zero-order valence-corrected chi connectivity index (χ0v) is 57.7. The Hall–Kier alpha value is 21.3. The van der Waals surface area contributed by atoms with Gasteiger partial charge in [0.05, 0.1) is 0 Å². The largest absolute Gasteiger partial charge is 0 e. The Morgan fingerprint density at radius 3 is 0.0238 bits per heavy atom. The van der Waals surface area contributed by atoms with Crippen LogP contribution in [-0.2, 0) is 705 Å². The summed E-state index contributed by atoms with van der Waals surface area (Å²) < 4.78 is 0. The minimum atomic E-state index is 0. The van der Waals surface area contributed by atoms with Gasteiger partial charge < -0.3 is 0 Å². The van der Waals surface area contributed by atoms with Crippen molar-refractivity contribution in [3.63, 3.8) is 0 Å². The number of hydrogen-bond acceptors (Lipinski definition) is 0. The van der Waals surface area contributed by atoms with Gasteiger partial charge in [-0.3, -0.25) is 0 Å². The van der Waals surface area contributed by atoms with Gasteiger partial charge in [0.1, 0.15) is 0 Å². The fourth-order valence-corrected chi connectivity index (χ4v) is 0. The van der Waals surface area contributed by atoms with Crippen LogP contribution in [0, 0.1) is 0 Å². The summed E-state index contributed by atoms with van der Waals surface area (Å²) in [6.45, 7) is 0. The molecule has 0 aromatic heterocycles. The standard InChI is InChI=1S/42Co. The van der Waals surface area contributed by atoms with Crippen molar-refractivity contribution >= 4 is 0 Å². The minimum absolute atomic E-state index is 0. The summed E-state index contributed by atoms with van der Waals surface area (Å²) in [5, 5.41) is 0. The van der Waals surface area contributed by atoms with Crippen molar-refractivity contribution < 1.29 is 705 Å². The van der Waals surface area contributed by atoms with Crippen molar-refractivity contribution in [1.82, 2.24) is 0 Å². The molecular formula is Co42. The van der Waals surface area contributed by atoms with E-state index >= 15 is 0 Å². The molecule has 42 heavy (non-hydrogen) atoms. The number of hydrogen-bond donors (Lipinski definition) is 0. The Morgan fingerprint density at radius 1 is 0.0238 bits per heavy atom. The van der Waals surface area contributed by atoms with Crippen LogP contribution in [0.15, 0.2) is 0 Å². The molecule has 0 fully saturated rings. The maximum absolute atomic E-state index is 0. The molecule has 0 aliphatic heterocycles. The van der Waals surface area contributed by atoms with Gasteiger partial charge >= 0.3 is 0 Å². The van der Waals surface area contributed by atoms with Gasteiger partial charge in [0.25, 0.3) is 0 Å². The van der Waals surface area contributed by atoms with E-state index in [4.69, 9.17) is 0 Å². The van der Waals surface area contributed by atoms with Crippen LogP contribution in [0.5, 0.6) is 0 Å². The molecule has 0 unspecified atom stereocenters. The molecule has 0 aliphatic carbocycles. The molecule has 378 valence electrons. The van der Waals surface area contributed by atoms with Gasteiger partial charge in [-0.2, -0.15) is 0 Å². The normalized spacial score (nSPS) is 0. The van der Waals surface area contributed by atoms with Gasteiger partial charge in [-0.1, -0.05) is 0 Å². The molecule has 0 saturated carbocycles. The first-order valence-electron chi connectivity index (χ1n) is 0. The molecule has 0 N–H and O–H groups in total. The molecule has 0 aromatic rings. The van der Waals surface area contributed by atoms with E-state index in [1.165, 1.54) is 0 Å². The predicted molar refractivity (Wildman–Crippen MR) is 0 cm³/mol. The summed E-state index contributed by atoms with van der Waals surface area (Å²) >= 11 is 0.